The molecule has 0 aromatic heterocycles. The molecule has 1 aliphatic carbocycles. The van der Waals surface area contributed by atoms with E-state index < -0.39 is 0 Å². The van der Waals surface area contributed by atoms with Gasteiger partial charge in [-0.15, -0.1) is 0 Å². The van der Waals surface area contributed by atoms with Gasteiger partial charge in [-0.3, -0.25) is 0 Å². The highest BCUT2D eigenvalue weighted by atomic mass is 16.3. The van der Waals surface area contributed by atoms with E-state index in [1.54, 1.807) is 0 Å². The topological polar surface area (TPSA) is 20.2 Å². The molecule has 0 amide bonds. The molecule has 1 atom stereocenters. The van der Waals surface area contributed by atoms with E-state index in [0.717, 1.165) is 11.8 Å². The van der Waals surface area contributed by atoms with Gasteiger partial charge in [-0.05, 0) is 54.1 Å². The van der Waals surface area contributed by atoms with Gasteiger partial charge in [0.1, 0.15) is 0 Å². The summed E-state index contributed by atoms with van der Waals surface area (Å²) in [6, 6.07) is 8.90. The van der Waals surface area contributed by atoms with Crippen LogP contribution in [-0.4, -0.2) is 11.7 Å². The summed E-state index contributed by atoms with van der Waals surface area (Å²) in [5.74, 6) is 1.85. The molecule has 0 bridgehead atoms. The Hall–Kier alpha value is -0.820. The van der Waals surface area contributed by atoms with Crippen molar-refractivity contribution >= 4 is 0 Å². The Kier molecular flexibility index (Phi) is 4.90. The van der Waals surface area contributed by atoms with E-state index in [9.17, 15) is 5.11 Å². The highest BCUT2D eigenvalue weighted by molar-refractivity contribution is 5.29. The highest BCUT2D eigenvalue weighted by Crippen LogP contribution is 2.43. The Balaban J connectivity index is 2.04. The van der Waals surface area contributed by atoms with Crippen molar-refractivity contribution in [1.29, 1.82) is 0 Å². The SMILES string of the molecule is CC(CO)c1cccc(C2CCC(C(C)(C)C)CC2)c1. The molecule has 1 fully saturated rings. The van der Waals surface area contributed by atoms with Crippen LogP contribution in [0.2, 0.25) is 0 Å². The Labute approximate surface area is 124 Å². The Bertz CT molecular complexity index is 422. The summed E-state index contributed by atoms with van der Waals surface area (Å²) in [7, 11) is 0. The van der Waals surface area contributed by atoms with Gasteiger partial charge in [-0.1, -0.05) is 52.0 Å². The lowest BCUT2D eigenvalue weighted by Crippen LogP contribution is -2.25. The van der Waals surface area contributed by atoms with Crippen molar-refractivity contribution in [3.05, 3.63) is 35.4 Å². The van der Waals surface area contributed by atoms with Crippen molar-refractivity contribution in [2.24, 2.45) is 11.3 Å². The zero-order valence-electron chi connectivity index (χ0n) is 13.5. The van der Waals surface area contributed by atoms with Gasteiger partial charge in [0.2, 0.25) is 0 Å². The van der Waals surface area contributed by atoms with Crippen molar-refractivity contribution in [3.8, 4) is 0 Å². The van der Waals surface area contributed by atoms with Crippen LogP contribution < -0.4 is 0 Å². The third-order valence-corrected chi connectivity index (χ3v) is 5.18. The van der Waals surface area contributed by atoms with Crippen LogP contribution in [-0.2, 0) is 0 Å². The lowest BCUT2D eigenvalue weighted by atomic mass is 9.68. The Morgan fingerprint density at radius 3 is 2.35 bits per heavy atom. The van der Waals surface area contributed by atoms with E-state index in [4.69, 9.17) is 0 Å². The predicted octanol–water partition coefficient (Wildman–Crippen LogP) is 5.10. The molecule has 1 saturated carbocycles. The number of rotatable bonds is 3. The fourth-order valence-electron chi connectivity index (χ4n) is 3.52. The standard InChI is InChI=1S/C19H30O/c1-14(13-20)16-6-5-7-17(12-16)15-8-10-18(11-9-15)19(2,3)4/h5-7,12,14-15,18,20H,8-11,13H2,1-4H3. The van der Waals surface area contributed by atoms with Gasteiger partial charge < -0.3 is 5.11 Å². The molecule has 2 rings (SSSR count). The van der Waals surface area contributed by atoms with Crippen molar-refractivity contribution in [1.82, 2.24) is 0 Å². The van der Waals surface area contributed by atoms with Gasteiger partial charge in [-0.25, -0.2) is 0 Å². The third-order valence-electron chi connectivity index (χ3n) is 5.18. The first kappa shape index (κ1) is 15.6. The summed E-state index contributed by atoms with van der Waals surface area (Å²) < 4.78 is 0. The zero-order valence-corrected chi connectivity index (χ0v) is 13.5. The van der Waals surface area contributed by atoms with E-state index in [2.05, 4.69) is 52.0 Å². The van der Waals surface area contributed by atoms with Crippen LogP contribution in [0.5, 0.6) is 0 Å². The molecule has 20 heavy (non-hydrogen) atoms. The maximum Gasteiger partial charge on any atom is 0.0497 e. The lowest BCUT2D eigenvalue weighted by Gasteiger charge is -2.37. The van der Waals surface area contributed by atoms with Crippen LogP contribution in [0.25, 0.3) is 0 Å². The number of hydrogen-bond acceptors (Lipinski definition) is 1. The summed E-state index contributed by atoms with van der Waals surface area (Å²) in [5, 5.41) is 9.31. The van der Waals surface area contributed by atoms with Crippen LogP contribution in [0.15, 0.2) is 24.3 Å². The second-order valence-corrected chi connectivity index (χ2v) is 7.67. The van der Waals surface area contributed by atoms with E-state index >= 15 is 0 Å². The molecule has 1 N–H and O–H groups in total. The highest BCUT2D eigenvalue weighted by Gasteiger charge is 2.30. The van der Waals surface area contributed by atoms with Crippen LogP contribution >= 0.6 is 0 Å². The van der Waals surface area contributed by atoms with E-state index in [0.29, 0.717) is 5.41 Å². The average Bonchev–Trinajstić information content (AvgIpc) is 2.46. The molecule has 1 unspecified atom stereocenters. The smallest absolute Gasteiger partial charge is 0.0497 e. The zero-order chi connectivity index (χ0) is 14.8. The Morgan fingerprint density at radius 2 is 1.80 bits per heavy atom. The van der Waals surface area contributed by atoms with E-state index in [-0.39, 0.29) is 12.5 Å². The fourth-order valence-corrected chi connectivity index (χ4v) is 3.52. The first-order valence-electron chi connectivity index (χ1n) is 8.12. The van der Waals surface area contributed by atoms with E-state index in [1.165, 1.54) is 36.8 Å². The van der Waals surface area contributed by atoms with Crippen molar-refractivity contribution in [2.45, 2.75) is 65.2 Å². The monoisotopic (exact) mass is 274 g/mol. The van der Waals surface area contributed by atoms with Gasteiger partial charge in [-0.2, -0.15) is 0 Å². The van der Waals surface area contributed by atoms with Crippen molar-refractivity contribution < 1.29 is 5.11 Å². The Morgan fingerprint density at radius 1 is 1.15 bits per heavy atom. The molecular formula is C19H30O. The van der Waals surface area contributed by atoms with Gasteiger partial charge in [0.05, 0.1) is 0 Å². The maximum absolute atomic E-state index is 9.31. The molecular weight excluding hydrogens is 244 g/mol. The number of benzene rings is 1. The summed E-state index contributed by atoms with van der Waals surface area (Å²) in [4.78, 5) is 0. The minimum absolute atomic E-state index is 0.236. The quantitative estimate of drug-likeness (QED) is 0.812. The van der Waals surface area contributed by atoms with Gasteiger partial charge in [0, 0.05) is 12.5 Å². The summed E-state index contributed by atoms with van der Waals surface area (Å²) in [6.45, 7) is 9.46. The first-order valence-corrected chi connectivity index (χ1v) is 8.12. The fraction of sp³-hybridized carbons (Fsp3) is 0.684. The summed E-state index contributed by atoms with van der Waals surface area (Å²) in [6.07, 6.45) is 5.35. The third kappa shape index (κ3) is 3.63. The van der Waals surface area contributed by atoms with Crippen molar-refractivity contribution in [3.63, 3.8) is 0 Å². The number of hydrogen-bond donors (Lipinski definition) is 1. The molecule has 0 saturated heterocycles. The molecule has 0 radical (unpaired) electrons. The summed E-state index contributed by atoms with van der Waals surface area (Å²) in [5.41, 5.74) is 3.22. The second-order valence-electron chi connectivity index (χ2n) is 7.67. The summed E-state index contributed by atoms with van der Waals surface area (Å²) >= 11 is 0. The molecule has 1 aliphatic rings. The van der Waals surface area contributed by atoms with Crippen LogP contribution in [0.3, 0.4) is 0 Å². The minimum Gasteiger partial charge on any atom is -0.396 e. The predicted molar refractivity (Wildman–Crippen MR) is 86.1 cm³/mol. The van der Waals surface area contributed by atoms with Gasteiger partial charge in [0.25, 0.3) is 0 Å². The second kappa shape index (κ2) is 6.30. The largest absolute Gasteiger partial charge is 0.396 e. The minimum atomic E-state index is 0.236. The average molecular weight is 274 g/mol. The molecule has 0 heterocycles. The molecule has 112 valence electrons. The molecule has 0 aliphatic heterocycles. The van der Waals surface area contributed by atoms with Gasteiger partial charge in [0.15, 0.2) is 0 Å². The van der Waals surface area contributed by atoms with E-state index in [1.807, 2.05) is 0 Å². The molecule has 0 spiro atoms. The molecule has 1 heteroatoms. The normalized spacial score (nSPS) is 25.4. The number of aliphatic hydroxyl groups is 1. The molecule has 1 aromatic rings. The maximum atomic E-state index is 9.31. The van der Waals surface area contributed by atoms with Crippen LogP contribution in [0, 0.1) is 11.3 Å². The lowest BCUT2D eigenvalue weighted by molar-refractivity contribution is 0.169. The van der Waals surface area contributed by atoms with Crippen LogP contribution in [0.4, 0.5) is 0 Å². The first-order chi connectivity index (χ1) is 9.41. The van der Waals surface area contributed by atoms with Gasteiger partial charge >= 0.3 is 0 Å². The molecule has 1 nitrogen and oxygen atoms in total. The van der Waals surface area contributed by atoms with Crippen LogP contribution in [0.1, 0.15) is 76.3 Å². The number of aliphatic hydroxyl groups excluding tert-OH is 1. The molecule has 1 aromatic carbocycles. The van der Waals surface area contributed by atoms with Crippen molar-refractivity contribution in [2.75, 3.05) is 6.61 Å².